The lowest BCUT2D eigenvalue weighted by molar-refractivity contribution is 0.936. The Kier molecular flexibility index (Phi) is 4.49. The van der Waals surface area contributed by atoms with E-state index in [1.165, 1.54) is 6.20 Å². The predicted molar refractivity (Wildman–Crippen MR) is 102 cm³/mol. The molecule has 1 aliphatic carbocycles. The van der Waals surface area contributed by atoms with Crippen LogP contribution >= 0.6 is 0 Å². The zero-order valence-corrected chi connectivity index (χ0v) is 14.9. The van der Waals surface area contributed by atoms with Gasteiger partial charge in [-0.25, -0.2) is 4.79 Å². The summed E-state index contributed by atoms with van der Waals surface area (Å²) < 4.78 is 0. The van der Waals surface area contributed by atoms with Gasteiger partial charge < -0.3 is 4.98 Å². The molecular formula is C21H12N6O2. The molecule has 0 unspecified atom stereocenters. The molecule has 1 fully saturated rings. The molecule has 0 saturated heterocycles. The third-order valence-corrected chi connectivity index (χ3v) is 4.61. The molecule has 0 aliphatic heterocycles. The third kappa shape index (κ3) is 3.66. The van der Waals surface area contributed by atoms with Crippen molar-refractivity contribution in [3.63, 3.8) is 0 Å². The van der Waals surface area contributed by atoms with Gasteiger partial charge in [-0.05, 0) is 36.2 Å². The quantitative estimate of drug-likeness (QED) is 0.645. The minimum Gasteiger partial charge on any atom is -0.313 e. The van der Waals surface area contributed by atoms with Crippen LogP contribution in [0.3, 0.4) is 0 Å². The van der Waals surface area contributed by atoms with Crippen molar-refractivity contribution in [3.8, 4) is 35.2 Å². The summed E-state index contributed by atoms with van der Waals surface area (Å²) in [5.74, 6) is 6.28. The number of aromatic nitrogens is 4. The van der Waals surface area contributed by atoms with Crippen molar-refractivity contribution in [1.29, 1.82) is 10.5 Å². The lowest BCUT2D eigenvalue weighted by atomic mass is 10.1. The van der Waals surface area contributed by atoms with Gasteiger partial charge in [-0.2, -0.15) is 10.5 Å². The van der Waals surface area contributed by atoms with E-state index >= 15 is 0 Å². The third-order valence-electron chi connectivity index (χ3n) is 4.61. The van der Waals surface area contributed by atoms with Crippen molar-refractivity contribution < 1.29 is 0 Å². The van der Waals surface area contributed by atoms with Crippen molar-refractivity contribution in [3.05, 3.63) is 79.8 Å². The molecule has 0 amide bonds. The number of aromatic amines is 2. The lowest BCUT2D eigenvalue weighted by Gasteiger charge is -2.04. The van der Waals surface area contributed by atoms with Gasteiger partial charge in [0.05, 0.1) is 17.2 Å². The standard InChI is InChI=1S/C21H12N6O2/c22-9-13-3-1-2-12(6-13)4-5-14-7-15(14)16-8-18(26-27-19(16)10-23)17-11-24-21(29)25-20(17)28/h1-3,6,8,11,14-15H,7H2,(H2,24,25,28,29)/t14-,15-/m0/s1. The van der Waals surface area contributed by atoms with Gasteiger partial charge in [-0.1, -0.05) is 17.9 Å². The Morgan fingerprint density at radius 1 is 1.07 bits per heavy atom. The van der Waals surface area contributed by atoms with Gasteiger partial charge in [0, 0.05) is 23.6 Å². The average Bonchev–Trinajstić information content (AvgIpc) is 3.51. The fourth-order valence-corrected chi connectivity index (χ4v) is 3.05. The Morgan fingerprint density at radius 2 is 1.90 bits per heavy atom. The maximum Gasteiger partial charge on any atom is 0.325 e. The summed E-state index contributed by atoms with van der Waals surface area (Å²) in [6, 6.07) is 12.8. The van der Waals surface area contributed by atoms with E-state index in [0.29, 0.717) is 11.1 Å². The summed E-state index contributed by atoms with van der Waals surface area (Å²) in [7, 11) is 0. The summed E-state index contributed by atoms with van der Waals surface area (Å²) in [6.07, 6.45) is 2.03. The smallest absolute Gasteiger partial charge is 0.313 e. The van der Waals surface area contributed by atoms with Crippen LogP contribution in [0.25, 0.3) is 11.3 Å². The Hall–Kier alpha value is -4.48. The molecule has 0 bridgehead atoms. The molecule has 2 heterocycles. The molecule has 138 valence electrons. The molecule has 8 heteroatoms. The Balaban J connectivity index is 1.64. The Morgan fingerprint density at radius 3 is 2.66 bits per heavy atom. The molecule has 0 radical (unpaired) electrons. The highest BCUT2D eigenvalue weighted by Gasteiger charge is 2.39. The van der Waals surface area contributed by atoms with Crippen LogP contribution in [0.15, 0.2) is 46.1 Å². The number of hydrogen-bond acceptors (Lipinski definition) is 6. The normalized spacial score (nSPS) is 16.8. The van der Waals surface area contributed by atoms with Gasteiger partial charge in [0.2, 0.25) is 0 Å². The molecule has 2 atom stereocenters. The molecule has 2 aromatic heterocycles. The molecule has 1 aliphatic rings. The van der Waals surface area contributed by atoms with Gasteiger partial charge in [0.1, 0.15) is 11.8 Å². The first-order valence-corrected chi connectivity index (χ1v) is 8.71. The highest BCUT2D eigenvalue weighted by molar-refractivity contribution is 5.59. The second kappa shape index (κ2) is 7.26. The molecule has 2 N–H and O–H groups in total. The SMILES string of the molecule is N#Cc1cccc(C#C[C@H]2C[C@@H]2c2cc(-c3c[nH]c(=O)[nH]c3=O)nnc2C#N)c1. The minimum atomic E-state index is -0.612. The number of rotatable bonds is 2. The van der Waals surface area contributed by atoms with Gasteiger partial charge in [0.25, 0.3) is 5.56 Å². The van der Waals surface area contributed by atoms with Crippen LogP contribution in [0.5, 0.6) is 0 Å². The number of H-pyrrole nitrogens is 2. The van der Waals surface area contributed by atoms with E-state index in [4.69, 9.17) is 5.26 Å². The molecular weight excluding hydrogens is 368 g/mol. The second-order valence-electron chi connectivity index (χ2n) is 6.54. The monoisotopic (exact) mass is 380 g/mol. The molecule has 1 saturated carbocycles. The highest BCUT2D eigenvalue weighted by Crippen LogP contribution is 2.48. The average molecular weight is 380 g/mol. The number of nitrogens with one attached hydrogen (secondary N) is 2. The summed E-state index contributed by atoms with van der Waals surface area (Å²) in [4.78, 5) is 27.8. The fourth-order valence-electron chi connectivity index (χ4n) is 3.05. The van der Waals surface area contributed by atoms with E-state index in [1.54, 1.807) is 24.3 Å². The van der Waals surface area contributed by atoms with E-state index in [2.05, 4.69) is 38.1 Å². The van der Waals surface area contributed by atoms with Crippen LogP contribution in [0.4, 0.5) is 0 Å². The number of hydrogen-bond donors (Lipinski definition) is 2. The number of nitrogens with zero attached hydrogens (tertiary/aromatic N) is 4. The lowest BCUT2D eigenvalue weighted by Crippen LogP contribution is -2.23. The molecule has 1 aromatic carbocycles. The van der Waals surface area contributed by atoms with E-state index in [9.17, 15) is 14.9 Å². The van der Waals surface area contributed by atoms with Crippen LogP contribution in [0.2, 0.25) is 0 Å². The van der Waals surface area contributed by atoms with Crippen molar-refractivity contribution in [2.75, 3.05) is 0 Å². The Bertz CT molecular complexity index is 1380. The molecule has 29 heavy (non-hydrogen) atoms. The van der Waals surface area contributed by atoms with E-state index in [0.717, 1.165) is 12.0 Å². The summed E-state index contributed by atoms with van der Waals surface area (Å²) in [5.41, 5.74) is 1.41. The maximum atomic E-state index is 12.0. The van der Waals surface area contributed by atoms with Crippen molar-refractivity contribution in [1.82, 2.24) is 20.2 Å². The van der Waals surface area contributed by atoms with Crippen molar-refractivity contribution in [2.24, 2.45) is 5.92 Å². The van der Waals surface area contributed by atoms with Gasteiger partial charge >= 0.3 is 5.69 Å². The topological polar surface area (TPSA) is 139 Å². The predicted octanol–water partition coefficient (Wildman–Crippen LogP) is 1.42. The summed E-state index contributed by atoms with van der Waals surface area (Å²) >= 11 is 0. The first-order valence-electron chi connectivity index (χ1n) is 8.71. The van der Waals surface area contributed by atoms with Gasteiger partial charge in [-0.15, -0.1) is 10.2 Å². The van der Waals surface area contributed by atoms with E-state index < -0.39 is 11.2 Å². The summed E-state index contributed by atoms with van der Waals surface area (Å²) in [5, 5.41) is 26.2. The second-order valence-corrected chi connectivity index (χ2v) is 6.54. The van der Waals surface area contributed by atoms with Crippen LogP contribution in [-0.4, -0.2) is 20.2 Å². The zero-order valence-electron chi connectivity index (χ0n) is 14.9. The van der Waals surface area contributed by atoms with Crippen LogP contribution in [0, 0.1) is 40.4 Å². The maximum absolute atomic E-state index is 12.0. The van der Waals surface area contributed by atoms with E-state index in [-0.39, 0.29) is 28.8 Å². The molecule has 3 aromatic rings. The summed E-state index contributed by atoms with van der Waals surface area (Å²) in [6.45, 7) is 0. The van der Waals surface area contributed by atoms with Crippen molar-refractivity contribution in [2.45, 2.75) is 12.3 Å². The van der Waals surface area contributed by atoms with Crippen LogP contribution < -0.4 is 11.2 Å². The molecule has 0 spiro atoms. The van der Waals surface area contributed by atoms with Crippen molar-refractivity contribution >= 4 is 0 Å². The van der Waals surface area contributed by atoms with Gasteiger partial charge in [0.15, 0.2) is 5.69 Å². The highest BCUT2D eigenvalue weighted by atomic mass is 16.2. The van der Waals surface area contributed by atoms with Crippen LogP contribution in [-0.2, 0) is 0 Å². The molecule has 8 nitrogen and oxygen atoms in total. The zero-order chi connectivity index (χ0) is 20.4. The largest absolute Gasteiger partial charge is 0.325 e. The van der Waals surface area contributed by atoms with E-state index in [1.807, 2.05) is 12.1 Å². The minimum absolute atomic E-state index is 0.00684. The first kappa shape index (κ1) is 17.9. The fraction of sp³-hybridized carbons (Fsp3) is 0.143. The molecule has 4 rings (SSSR count). The van der Waals surface area contributed by atoms with Gasteiger partial charge in [-0.3, -0.25) is 9.78 Å². The number of nitriles is 2. The van der Waals surface area contributed by atoms with Crippen LogP contribution in [0.1, 0.15) is 34.7 Å². The first-order chi connectivity index (χ1) is 14.1. The Labute approximate surface area is 164 Å². The number of benzene rings is 1.